The van der Waals surface area contributed by atoms with Gasteiger partial charge in [-0.05, 0) is 76.2 Å². The molecule has 44 heavy (non-hydrogen) atoms. The molecule has 0 saturated heterocycles. The van der Waals surface area contributed by atoms with E-state index in [4.69, 9.17) is 20.4 Å². The van der Waals surface area contributed by atoms with E-state index in [1.165, 1.54) is 11.1 Å². The highest BCUT2D eigenvalue weighted by molar-refractivity contribution is 5.61. The van der Waals surface area contributed by atoms with Crippen LogP contribution in [0.25, 0.3) is 11.4 Å². The van der Waals surface area contributed by atoms with Crippen molar-refractivity contribution in [2.24, 2.45) is 10.2 Å². The van der Waals surface area contributed by atoms with E-state index in [0.29, 0.717) is 22.8 Å². The van der Waals surface area contributed by atoms with E-state index in [0.717, 1.165) is 33.9 Å². The molecule has 212 valence electrons. The Morgan fingerprint density at radius 3 is 1.18 bits per heavy atom. The Bertz CT molecular complexity index is 1920. The molecule has 4 aromatic carbocycles. The lowest BCUT2D eigenvalue weighted by Gasteiger charge is -2.05. The van der Waals surface area contributed by atoms with Crippen LogP contribution >= 0.6 is 0 Å². The molecule has 0 fully saturated rings. The third-order valence-corrected chi connectivity index (χ3v) is 7.08. The standard InChI is InChI=1S/C38H30N6/c1-27-15-19-31(20-16-27)23-25-35-29(3)41-43(33-11-7-5-8-12-33)37(35)39-40-38-36(26-24-32-21-17-28(2)18-22-32)30(4)42-44(38)34-13-9-6-10-14-34/h5-22H,1-4H3/b40-39+. The first-order valence-electron chi connectivity index (χ1n) is 14.4. The zero-order chi connectivity index (χ0) is 30.5. The van der Waals surface area contributed by atoms with Gasteiger partial charge < -0.3 is 0 Å². The van der Waals surface area contributed by atoms with Crippen LogP contribution in [0.2, 0.25) is 0 Å². The summed E-state index contributed by atoms with van der Waals surface area (Å²) in [7, 11) is 0. The van der Waals surface area contributed by atoms with Crippen LogP contribution in [0.5, 0.6) is 0 Å². The van der Waals surface area contributed by atoms with Crippen molar-refractivity contribution in [3.05, 3.63) is 154 Å². The Labute approximate surface area is 257 Å². The summed E-state index contributed by atoms with van der Waals surface area (Å²) in [6.45, 7) is 8.00. The first-order valence-corrected chi connectivity index (χ1v) is 14.4. The molecule has 6 nitrogen and oxygen atoms in total. The lowest BCUT2D eigenvalue weighted by molar-refractivity contribution is 0.837. The largest absolute Gasteiger partial charge is 0.212 e. The van der Waals surface area contributed by atoms with Crippen LogP contribution in [0, 0.1) is 51.4 Å². The summed E-state index contributed by atoms with van der Waals surface area (Å²) in [6, 6.07) is 36.0. The normalized spacial score (nSPS) is 10.7. The maximum atomic E-state index is 4.82. The maximum Gasteiger partial charge on any atom is 0.194 e. The fourth-order valence-electron chi connectivity index (χ4n) is 4.64. The molecule has 0 aliphatic rings. The number of hydrogen-bond donors (Lipinski definition) is 0. The zero-order valence-electron chi connectivity index (χ0n) is 25.1. The van der Waals surface area contributed by atoms with E-state index in [1.54, 1.807) is 9.36 Å². The van der Waals surface area contributed by atoms with Crippen molar-refractivity contribution in [2.75, 3.05) is 0 Å². The van der Waals surface area contributed by atoms with Gasteiger partial charge in [0.05, 0.1) is 33.9 Å². The van der Waals surface area contributed by atoms with Gasteiger partial charge in [-0.2, -0.15) is 10.2 Å². The van der Waals surface area contributed by atoms with Crippen molar-refractivity contribution in [3.8, 4) is 35.1 Å². The second kappa shape index (κ2) is 12.5. The van der Waals surface area contributed by atoms with Gasteiger partial charge in [-0.25, -0.2) is 9.36 Å². The zero-order valence-corrected chi connectivity index (χ0v) is 25.1. The predicted molar refractivity (Wildman–Crippen MR) is 175 cm³/mol. The minimum Gasteiger partial charge on any atom is -0.212 e. The van der Waals surface area contributed by atoms with Gasteiger partial charge in [0.2, 0.25) is 0 Å². The van der Waals surface area contributed by atoms with Crippen molar-refractivity contribution >= 4 is 11.6 Å². The van der Waals surface area contributed by atoms with Crippen molar-refractivity contribution < 1.29 is 0 Å². The summed E-state index contributed by atoms with van der Waals surface area (Å²) in [5.41, 5.74) is 8.84. The van der Waals surface area contributed by atoms with Crippen molar-refractivity contribution in [1.29, 1.82) is 0 Å². The average Bonchev–Trinajstić information content (AvgIpc) is 3.54. The number of nitrogens with zero attached hydrogens (tertiary/aromatic N) is 6. The summed E-state index contributed by atoms with van der Waals surface area (Å²) in [4.78, 5) is 0. The summed E-state index contributed by atoms with van der Waals surface area (Å²) in [5.74, 6) is 14.3. The molecule has 0 unspecified atom stereocenters. The van der Waals surface area contributed by atoms with E-state index >= 15 is 0 Å². The molecule has 0 aliphatic heterocycles. The van der Waals surface area contributed by atoms with E-state index in [-0.39, 0.29) is 0 Å². The number of azo groups is 1. The van der Waals surface area contributed by atoms with Gasteiger partial charge in [-0.3, -0.25) is 0 Å². The lowest BCUT2D eigenvalue weighted by atomic mass is 10.1. The van der Waals surface area contributed by atoms with Gasteiger partial charge in [-0.15, -0.1) is 10.2 Å². The Balaban J connectivity index is 1.51. The molecule has 0 aliphatic carbocycles. The number of rotatable bonds is 4. The molecule has 0 radical (unpaired) electrons. The monoisotopic (exact) mass is 570 g/mol. The lowest BCUT2D eigenvalue weighted by Crippen LogP contribution is -1.96. The minimum atomic E-state index is 0.532. The van der Waals surface area contributed by atoms with Crippen molar-refractivity contribution in [3.63, 3.8) is 0 Å². The van der Waals surface area contributed by atoms with Crippen LogP contribution in [0.1, 0.15) is 44.8 Å². The highest BCUT2D eigenvalue weighted by atomic mass is 15.4. The number of aryl methyl sites for hydroxylation is 4. The van der Waals surface area contributed by atoms with Gasteiger partial charge in [0.25, 0.3) is 0 Å². The van der Waals surface area contributed by atoms with Crippen LogP contribution < -0.4 is 0 Å². The smallest absolute Gasteiger partial charge is 0.194 e. The summed E-state index contributed by atoms with van der Waals surface area (Å²) in [5, 5.41) is 19.3. The van der Waals surface area contributed by atoms with Gasteiger partial charge >= 0.3 is 0 Å². The fraction of sp³-hybridized carbons (Fsp3) is 0.105. The van der Waals surface area contributed by atoms with Crippen molar-refractivity contribution in [2.45, 2.75) is 27.7 Å². The molecule has 2 aromatic heterocycles. The Hall–Kier alpha value is -5.98. The van der Waals surface area contributed by atoms with E-state index in [9.17, 15) is 0 Å². The Kier molecular flexibility index (Phi) is 7.99. The molecule has 0 bridgehead atoms. The SMILES string of the molecule is Cc1ccc(C#Cc2c(C)nn(-c3ccccc3)c2/N=N/c2c(C#Cc3ccc(C)cc3)c(C)nn2-c2ccccc2)cc1. The van der Waals surface area contributed by atoms with Crippen LogP contribution in [0.3, 0.4) is 0 Å². The summed E-state index contributed by atoms with van der Waals surface area (Å²) in [6.07, 6.45) is 0. The first kappa shape index (κ1) is 28.2. The van der Waals surface area contributed by atoms with Crippen LogP contribution in [-0.2, 0) is 0 Å². The Morgan fingerprint density at radius 1 is 0.455 bits per heavy atom. The van der Waals surface area contributed by atoms with Gasteiger partial charge in [0.1, 0.15) is 0 Å². The molecule has 6 rings (SSSR count). The van der Waals surface area contributed by atoms with Crippen LogP contribution in [0.15, 0.2) is 119 Å². The molecule has 6 aromatic rings. The molecule has 0 spiro atoms. The predicted octanol–water partition coefficient (Wildman–Crippen LogP) is 8.51. The highest BCUT2D eigenvalue weighted by Gasteiger charge is 2.18. The molecular formula is C38H30N6. The molecule has 0 atom stereocenters. The second-order valence-electron chi connectivity index (χ2n) is 10.5. The van der Waals surface area contributed by atoms with Crippen molar-refractivity contribution in [1.82, 2.24) is 19.6 Å². The molecule has 0 N–H and O–H groups in total. The van der Waals surface area contributed by atoms with Gasteiger partial charge in [0.15, 0.2) is 11.6 Å². The molecule has 0 saturated carbocycles. The third-order valence-electron chi connectivity index (χ3n) is 7.08. The molecular weight excluding hydrogens is 540 g/mol. The van der Waals surface area contributed by atoms with Crippen LogP contribution in [-0.4, -0.2) is 19.6 Å². The molecule has 6 heteroatoms. The average molecular weight is 571 g/mol. The summed E-state index contributed by atoms with van der Waals surface area (Å²) >= 11 is 0. The molecule has 2 heterocycles. The quantitative estimate of drug-likeness (QED) is 0.158. The second-order valence-corrected chi connectivity index (χ2v) is 10.5. The Morgan fingerprint density at radius 2 is 0.818 bits per heavy atom. The van der Waals surface area contributed by atoms with E-state index < -0.39 is 0 Å². The topological polar surface area (TPSA) is 60.4 Å². The first-order chi connectivity index (χ1) is 21.5. The van der Waals surface area contributed by atoms with E-state index in [2.05, 4.69) is 61.8 Å². The van der Waals surface area contributed by atoms with Gasteiger partial charge in [0, 0.05) is 11.1 Å². The summed E-state index contributed by atoms with van der Waals surface area (Å²) < 4.78 is 3.57. The molecule has 0 amide bonds. The number of aromatic nitrogens is 4. The van der Waals surface area contributed by atoms with E-state index in [1.807, 2.05) is 98.8 Å². The minimum absolute atomic E-state index is 0.532. The van der Waals surface area contributed by atoms with Gasteiger partial charge in [-0.1, -0.05) is 95.5 Å². The van der Waals surface area contributed by atoms with Crippen LogP contribution in [0.4, 0.5) is 11.6 Å². The number of para-hydroxylation sites is 2. The third kappa shape index (κ3) is 6.11. The number of hydrogen-bond acceptors (Lipinski definition) is 4. The maximum absolute atomic E-state index is 4.82. The number of benzene rings is 4. The fourth-order valence-corrected chi connectivity index (χ4v) is 4.64. The highest BCUT2D eigenvalue weighted by Crippen LogP contribution is 2.31.